The second kappa shape index (κ2) is 6.26. The number of alkyl halides is 3. The van der Waals surface area contributed by atoms with Gasteiger partial charge < -0.3 is 5.32 Å². The number of benzene rings is 3. The van der Waals surface area contributed by atoms with Gasteiger partial charge in [-0.3, -0.25) is 0 Å². The fourth-order valence-corrected chi connectivity index (χ4v) is 4.11. The van der Waals surface area contributed by atoms with Crippen molar-refractivity contribution in [3.63, 3.8) is 0 Å². The highest BCUT2D eigenvalue weighted by Gasteiger charge is 2.60. The van der Waals surface area contributed by atoms with Crippen molar-refractivity contribution in [2.75, 3.05) is 5.32 Å². The molecular formula is C22H15ClF3N3. The van der Waals surface area contributed by atoms with Crippen molar-refractivity contribution < 1.29 is 13.2 Å². The van der Waals surface area contributed by atoms with Gasteiger partial charge in [0.05, 0.1) is 11.2 Å². The van der Waals surface area contributed by atoms with E-state index in [2.05, 4.69) is 10.4 Å². The van der Waals surface area contributed by atoms with E-state index < -0.39 is 11.8 Å². The summed E-state index contributed by atoms with van der Waals surface area (Å²) in [5.74, 6) is 0. The van der Waals surface area contributed by atoms with Crippen LogP contribution in [0.1, 0.15) is 5.56 Å². The first-order valence-corrected chi connectivity index (χ1v) is 9.44. The van der Waals surface area contributed by atoms with Gasteiger partial charge >= 0.3 is 6.18 Å². The van der Waals surface area contributed by atoms with Crippen LogP contribution in [-0.4, -0.2) is 16.0 Å². The summed E-state index contributed by atoms with van der Waals surface area (Å²) >= 11 is 5.91. The van der Waals surface area contributed by atoms with Crippen LogP contribution in [-0.2, 0) is 12.1 Å². The van der Waals surface area contributed by atoms with Crippen LogP contribution >= 0.6 is 11.6 Å². The van der Waals surface area contributed by atoms with Gasteiger partial charge in [-0.05, 0) is 35.9 Å². The Morgan fingerprint density at radius 1 is 0.931 bits per heavy atom. The summed E-state index contributed by atoms with van der Waals surface area (Å²) < 4.78 is 45.2. The predicted molar refractivity (Wildman–Crippen MR) is 108 cm³/mol. The molecule has 0 amide bonds. The van der Waals surface area contributed by atoms with Gasteiger partial charge in [0, 0.05) is 28.1 Å². The monoisotopic (exact) mass is 413 g/mol. The van der Waals surface area contributed by atoms with Gasteiger partial charge in [-0.15, -0.1) is 0 Å². The number of nitrogens with zero attached hydrogens (tertiary/aromatic N) is 2. The summed E-state index contributed by atoms with van der Waals surface area (Å²) in [5, 5.41) is 8.27. The van der Waals surface area contributed by atoms with Crippen molar-refractivity contribution in [2.24, 2.45) is 0 Å². The highest BCUT2D eigenvalue weighted by atomic mass is 35.5. The molecule has 0 bridgehead atoms. The number of halogens is 4. The van der Waals surface area contributed by atoms with Gasteiger partial charge in [0.25, 0.3) is 0 Å². The average Bonchev–Trinajstić information content (AvgIpc) is 3.09. The molecule has 4 aromatic rings. The zero-order valence-corrected chi connectivity index (χ0v) is 15.8. The van der Waals surface area contributed by atoms with E-state index in [-0.39, 0.29) is 6.42 Å². The fourth-order valence-electron chi connectivity index (χ4n) is 3.98. The Hall–Kier alpha value is -2.99. The van der Waals surface area contributed by atoms with Crippen LogP contribution in [0.15, 0.2) is 72.8 Å². The molecule has 0 spiro atoms. The lowest BCUT2D eigenvalue weighted by Gasteiger charge is -2.41. The van der Waals surface area contributed by atoms with Gasteiger partial charge in [-0.1, -0.05) is 54.1 Å². The minimum atomic E-state index is -4.61. The number of aromatic nitrogens is 2. The van der Waals surface area contributed by atoms with Crippen LogP contribution in [0.2, 0.25) is 5.02 Å². The van der Waals surface area contributed by atoms with E-state index in [1.165, 1.54) is 0 Å². The van der Waals surface area contributed by atoms with Crippen molar-refractivity contribution in [1.29, 1.82) is 0 Å². The van der Waals surface area contributed by atoms with Gasteiger partial charge in [0.15, 0.2) is 0 Å². The summed E-state index contributed by atoms with van der Waals surface area (Å²) in [6, 6.07) is 20.5. The Morgan fingerprint density at radius 3 is 2.38 bits per heavy atom. The summed E-state index contributed by atoms with van der Waals surface area (Å²) in [7, 11) is 0. The maximum Gasteiger partial charge on any atom is 0.432 e. The van der Waals surface area contributed by atoms with Crippen molar-refractivity contribution in [3.05, 3.63) is 83.4 Å². The van der Waals surface area contributed by atoms with E-state index >= 15 is 0 Å². The van der Waals surface area contributed by atoms with E-state index in [4.69, 9.17) is 11.6 Å². The average molecular weight is 414 g/mol. The second-order valence-electron chi connectivity index (χ2n) is 7.10. The molecule has 1 atom stereocenters. The molecule has 1 unspecified atom stereocenters. The zero-order valence-electron chi connectivity index (χ0n) is 15.0. The molecule has 146 valence electrons. The van der Waals surface area contributed by atoms with Crippen LogP contribution < -0.4 is 5.32 Å². The summed E-state index contributed by atoms with van der Waals surface area (Å²) in [4.78, 5) is 0. The summed E-state index contributed by atoms with van der Waals surface area (Å²) in [6.45, 7) is 0. The lowest BCUT2D eigenvalue weighted by Crippen LogP contribution is -2.57. The largest absolute Gasteiger partial charge is 0.432 e. The van der Waals surface area contributed by atoms with Gasteiger partial charge in [-0.25, -0.2) is 4.68 Å². The smallest absolute Gasteiger partial charge is 0.354 e. The van der Waals surface area contributed by atoms with Crippen LogP contribution in [0.25, 0.3) is 22.2 Å². The number of rotatable bonds is 2. The molecule has 1 aliphatic rings. The maximum absolute atomic E-state index is 14.7. The van der Waals surface area contributed by atoms with Crippen molar-refractivity contribution in [2.45, 2.75) is 18.3 Å². The van der Waals surface area contributed by atoms with Crippen LogP contribution in [0.3, 0.4) is 0 Å². The highest BCUT2D eigenvalue weighted by Crippen LogP contribution is 2.48. The lowest BCUT2D eigenvalue weighted by molar-refractivity contribution is -0.208. The lowest BCUT2D eigenvalue weighted by atomic mass is 9.88. The molecule has 1 aliphatic heterocycles. The quantitative estimate of drug-likeness (QED) is 0.421. The highest BCUT2D eigenvalue weighted by molar-refractivity contribution is 6.30. The van der Waals surface area contributed by atoms with Gasteiger partial charge in [-0.2, -0.15) is 18.3 Å². The Morgan fingerprint density at radius 2 is 1.62 bits per heavy atom. The fraction of sp³-hybridized carbons (Fsp3) is 0.136. The minimum Gasteiger partial charge on any atom is -0.354 e. The molecule has 3 aromatic carbocycles. The standard InChI is InChI=1S/C22H15ClF3N3/c23-15-9-11-16(12-10-15)27-21(22(24,25)26)13-14-5-1-2-6-17(14)20-18-7-3-4-8-19(18)28-29(20)21/h1-12,27H,13H2. The van der Waals surface area contributed by atoms with E-state index in [0.29, 0.717) is 32.9 Å². The SMILES string of the molecule is FC(F)(F)C1(Nc2ccc(Cl)cc2)Cc2ccccc2-c2c3ccccc3nn21. The van der Waals surface area contributed by atoms with E-state index in [9.17, 15) is 13.2 Å². The predicted octanol–water partition coefficient (Wildman–Crippen LogP) is 6.24. The van der Waals surface area contributed by atoms with Crippen LogP contribution in [0.4, 0.5) is 18.9 Å². The second-order valence-corrected chi connectivity index (χ2v) is 7.54. The molecule has 3 nitrogen and oxygen atoms in total. The number of anilines is 1. The number of hydrogen-bond acceptors (Lipinski definition) is 2. The van der Waals surface area contributed by atoms with Crippen molar-refractivity contribution in [3.8, 4) is 11.3 Å². The molecule has 5 rings (SSSR count). The van der Waals surface area contributed by atoms with Crippen molar-refractivity contribution >= 4 is 28.2 Å². The molecule has 1 aromatic heterocycles. The van der Waals surface area contributed by atoms with E-state index in [1.54, 1.807) is 54.6 Å². The van der Waals surface area contributed by atoms with Crippen LogP contribution in [0, 0.1) is 0 Å². The van der Waals surface area contributed by atoms with E-state index in [0.717, 1.165) is 10.2 Å². The molecule has 0 fully saturated rings. The third-order valence-electron chi connectivity index (χ3n) is 5.32. The van der Waals surface area contributed by atoms with Crippen LogP contribution in [0.5, 0.6) is 0 Å². The first kappa shape index (κ1) is 18.1. The molecule has 0 radical (unpaired) electrons. The number of fused-ring (bicyclic) bond motifs is 5. The topological polar surface area (TPSA) is 29.9 Å². The zero-order chi connectivity index (χ0) is 20.2. The maximum atomic E-state index is 14.7. The Kier molecular flexibility index (Phi) is 3.90. The normalized spacial score (nSPS) is 18.3. The third-order valence-corrected chi connectivity index (χ3v) is 5.58. The van der Waals surface area contributed by atoms with Crippen molar-refractivity contribution in [1.82, 2.24) is 9.78 Å². The summed E-state index contributed by atoms with van der Waals surface area (Å²) in [6.07, 6.45) is -4.90. The van der Waals surface area contributed by atoms with Gasteiger partial charge in [0.2, 0.25) is 5.66 Å². The van der Waals surface area contributed by atoms with Gasteiger partial charge in [0.1, 0.15) is 0 Å². The molecule has 1 N–H and O–H groups in total. The first-order chi connectivity index (χ1) is 13.9. The molecule has 29 heavy (non-hydrogen) atoms. The molecular weight excluding hydrogens is 399 g/mol. The first-order valence-electron chi connectivity index (χ1n) is 9.06. The molecule has 0 aliphatic carbocycles. The Labute approximate surface area is 169 Å². The molecule has 7 heteroatoms. The minimum absolute atomic E-state index is 0.281. The van der Waals surface area contributed by atoms with E-state index in [1.807, 2.05) is 18.2 Å². The number of hydrogen-bond donors (Lipinski definition) is 1. The Bertz CT molecular complexity index is 1210. The number of nitrogens with one attached hydrogen (secondary N) is 1. The molecule has 0 saturated carbocycles. The Balaban J connectivity index is 1.82. The molecule has 0 saturated heterocycles. The third kappa shape index (κ3) is 2.70. The summed E-state index contributed by atoms with van der Waals surface area (Å²) in [5.41, 5.74) is 0.246. The molecule has 2 heterocycles.